The van der Waals surface area contributed by atoms with Crippen LogP contribution in [0.3, 0.4) is 0 Å². The molecule has 2 aromatic rings. The van der Waals surface area contributed by atoms with Crippen molar-refractivity contribution >= 4 is 13.7 Å². The van der Waals surface area contributed by atoms with Gasteiger partial charge in [0.1, 0.15) is 5.69 Å². The minimum atomic E-state index is 0.739. The summed E-state index contributed by atoms with van der Waals surface area (Å²) in [7, 11) is 1.84. The molecular weight excluding hydrogens is 163 g/mol. The van der Waals surface area contributed by atoms with E-state index >= 15 is 0 Å². The van der Waals surface area contributed by atoms with Crippen LogP contribution in [0.25, 0.3) is 11.3 Å². The molecular formula is C8H9BN4. The second-order valence-electron chi connectivity index (χ2n) is 2.90. The first-order valence-corrected chi connectivity index (χ1v) is 3.98. The first-order valence-electron chi connectivity index (χ1n) is 3.98. The van der Waals surface area contributed by atoms with Crippen molar-refractivity contribution in [3.05, 3.63) is 30.5 Å². The lowest BCUT2D eigenvalue weighted by Gasteiger charge is -1.96. The molecule has 0 saturated carbocycles. The van der Waals surface area contributed by atoms with Crippen molar-refractivity contribution in [2.75, 3.05) is 5.73 Å². The summed E-state index contributed by atoms with van der Waals surface area (Å²) in [6.07, 6.45) is 1.86. The van der Waals surface area contributed by atoms with Crippen LogP contribution in [0.5, 0.6) is 0 Å². The molecule has 0 fully saturated rings. The van der Waals surface area contributed by atoms with Crippen molar-refractivity contribution in [3.63, 3.8) is 0 Å². The van der Waals surface area contributed by atoms with Crippen LogP contribution in [0.15, 0.2) is 30.5 Å². The standard InChI is InChI=1S/C8H9BN4/c9-13-5-8(11-12-13)6-2-1-3-7(10)4-6/h1-5H,9-10H2. The fourth-order valence-electron chi connectivity index (χ4n) is 1.18. The minimum Gasteiger partial charge on any atom is -0.399 e. The van der Waals surface area contributed by atoms with E-state index in [1.165, 1.54) is 0 Å². The molecule has 0 spiro atoms. The Kier molecular flexibility index (Phi) is 1.77. The van der Waals surface area contributed by atoms with Crippen LogP contribution >= 0.6 is 0 Å². The SMILES string of the molecule is Bn1cc(-c2cccc(N)c2)nn1. The second kappa shape index (κ2) is 2.93. The van der Waals surface area contributed by atoms with Gasteiger partial charge >= 0.3 is 0 Å². The maximum atomic E-state index is 5.65. The van der Waals surface area contributed by atoms with Crippen LogP contribution in [0.1, 0.15) is 0 Å². The van der Waals surface area contributed by atoms with Crippen molar-refractivity contribution in [2.24, 2.45) is 0 Å². The van der Waals surface area contributed by atoms with E-state index in [-0.39, 0.29) is 0 Å². The zero-order valence-electron chi connectivity index (χ0n) is 7.31. The van der Waals surface area contributed by atoms with Gasteiger partial charge in [-0.15, -0.1) is 5.10 Å². The Morgan fingerprint density at radius 1 is 1.38 bits per heavy atom. The maximum absolute atomic E-state index is 5.65. The number of hydrogen-bond acceptors (Lipinski definition) is 3. The van der Waals surface area contributed by atoms with Crippen molar-refractivity contribution in [1.82, 2.24) is 14.9 Å². The quantitative estimate of drug-likeness (QED) is 0.483. The van der Waals surface area contributed by atoms with Gasteiger partial charge in [-0.1, -0.05) is 17.3 Å². The van der Waals surface area contributed by atoms with E-state index in [9.17, 15) is 0 Å². The summed E-state index contributed by atoms with van der Waals surface area (Å²) in [5, 5.41) is 7.83. The summed E-state index contributed by atoms with van der Waals surface area (Å²) in [6.45, 7) is 0. The van der Waals surface area contributed by atoms with E-state index in [2.05, 4.69) is 10.3 Å². The Bertz CT molecular complexity index is 424. The Morgan fingerprint density at radius 2 is 2.23 bits per heavy atom. The van der Waals surface area contributed by atoms with Gasteiger partial charge in [-0.2, -0.15) is 0 Å². The number of anilines is 1. The Morgan fingerprint density at radius 3 is 2.85 bits per heavy atom. The van der Waals surface area contributed by atoms with Gasteiger partial charge in [0.2, 0.25) is 0 Å². The molecule has 64 valence electrons. The average Bonchev–Trinajstić information content (AvgIpc) is 2.52. The number of nitrogens with two attached hydrogens (primary N) is 1. The maximum Gasteiger partial charge on any atom is 0.251 e. The Hall–Kier alpha value is -1.78. The second-order valence-corrected chi connectivity index (χ2v) is 2.90. The van der Waals surface area contributed by atoms with E-state index in [4.69, 9.17) is 5.73 Å². The van der Waals surface area contributed by atoms with E-state index in [0.29, 0.717) is 0 Å². The van der Waals surface area contributed by atoms with Crippen molar-refractivity contribution < 1.29 is 0 Å². The molecule has 0 saturated heterocycles. The van der Waals surface area contributed by atoms with Crippen LogP contribution in [-0.2, 0) is 0 Å². The van der Waals surface area contributed by atoms with Gasteiger partial charge in [0.05, 0.1) is 0 Å². The molecule has 0 atom stereocenters. The summed E-state index contributed by atoms with van der Waals surface area (Å²) < 4.78 is 1.67. The van der Waals surface area contributed by atoms with Crippen LogP contribution < -0.4 is 5.73 Å². The first-order chi connectivity index (χ1) is 6.25. The highest BCUT2D eigenvalue weighted by Crippen LogP contribution is 2.17. The number of aromatic nitrogens is 3. The van der Waals surface area contributed by atoms with E-state index < -0.39 is 0 Å². The molecule has 4 nitrogen and oxygen atoms in total. The molecule has 2 rings (SSSR count). The minimum absolute atomic E-state index is 0.739. The van der Waals surface area contributed by atoms with Gasteiger partial charge in [-0.25, -0.2) is 0 Å². The molecule has 0 aliphatic rings. The third-order valence-corrected chi connectivity index (χ3v) is 1.79. The molecule has 2 N–H and O–H groups in total. The zero-order chi connectivity index (χ0) is 9.26. The summed E-state index contributed by atoms with van der Waals surface area (Å²) in [5.41, 5.74) is 8.22. The van der Waals surface area contributed by atoms with Crippen molar-refractivity contribution in [3.8, 4) is 11.3 Å². The Balaban J connectivity index is 2.46. The average molecular weight is 172 g/mol. The van der Waals surface area contributed by atoms with Crippen molar-refractivity contribution in [2.45, 2.75) is 0 Å². The van der Waals surface area contributed by atoms with E-state index in [0.717, 1.165) is 16.9 Å². The molecule has 1 aromatic carbocycles. The lowest BCUT2D eigenvalue weighted by atomic mass is 10.1. The Labute approximate surface area is 76.8 Å². The van der Waals surface area contributed by atoms with Crippen LogP contribution in [0, 0.1) is 0 Å². The third-order valence-electron chi connectivity index (χ3n) is 1.79. The third kappa shape index (κ3) is 1.54. The van der Waals surface area contributed by atoms with Crippen LogP contribution in [0.4, 0.5) is 5.69 Å². The summed E-state index contributed by atoms with van der Waals surface area (Å²) in [5.74, 6) is 0. The van der Waals surface area contributed by atoms with E-state index in [1.807, 2.05) is 38.4 Å². The lowest BCUT2D eigenvalue weighted by Crippen LogP contribution is -1.89. The van der Waals surface area contributed by atoms with Gasteiger partial charge in [0.25, 0.3) is 7.98 Å². The van der Waals surface area contributed by atoms with Gasteiger partial charge in [-0.3, -0.25) is 0 Å². The normalized spacial score (nSPS) is 10.2. The largest absolute Gasteiger partial charge is 0.399 e. The van der Waals surface area contributed by atoms with Crippen LogP contribution in [0.2, 0.25) is 0 Å². The first kappa shape index (κ1) is 7.85. The van der Waals surface area contributed by atoms with Crippen LogP contribution in [-0.4, -0.2) is 22.9 Å². The predicted octanol–water partition coefficient (Wildman–Crippen LogP) is -0.0765. The van der Waals surface area contributed by atoms with E-state index in [1.54, 1.807) is 4.59 Å². The monoisotopic (exact) mass is 172 g/mol. The molecule has 1 aromatic heterocycles. The number of nitrogen functional groups attached to an aromatic ring is 1. The number of benzene rings is 1. The van der Waals surface area contributed by atoms with Gasteiger partial charge in [0, 0.05) is 17.4 Å². The molecule has 0 unspecified atom stereocenters. The topological polar surface area (TPSA) is 56.7 Å². The summed E-state index contributed by atoms with van der Waals surface area (Å²) >= 11 is 0. The molecule has 0 bridgehead atoms. The number of hydrogen-bond donors (Lipinski definition) is 1. The summed E-state index contributed by atoms with van der Waals surface area (Å²) in [6, 6.07) is 7.59. The highest BCUT2D eigenvalue weighted by Gasteiger charge is 2.00. The molecule has 0 aliphatic carbocycles. The number of rotatable bonds is 1. The highest BCUT2D eigenvalue weighted by molar-refractivity contribution is 6.05. The lowest BCUT2D eigenvalue weighted by molar-refractivity contribution is 0.879. The van der Waals surface area contributed by atoms with Gasteiger partial charge in [-0.05, 0) is 12.1 Å². The van der Waals surface area contributed by atoms with Crippen molar-refractivity contribution in [1.29, 1.82) is 0 Å². The molecule has 1 heterocycles. The summed E-state index contributed by atoms with van der Waals surface area (Å²) in [4.78, 5) is 0. The molecule has 0 aliphatic heterocycles. The smallest absolute Gasteiger partial charge is 0.251 e. The highest BCUT2D eigenvalue weighted by atomic mass is 15.4. The fourth-order valence-corrected chi connectivity index (χ4v) is 1.18. The molecule has 13 heavy (non-hydrogen) atoms. The van der Waals surface area contributed by atoms with Gasteiger partial charge in [0.15, 0.2) is 0 Å². The molecule has 0 amide bonds. The fraction of sp³-hybridized carbons (Fsp3) is 0. The predicted molar refractivity (Wildman–Crippen MR) is 53.8 cm³/mol. The molecule has 0 radical (unpaired) electrons. The molecule has 5 heteroatoms. The zero-order valence-corrected chi connectivity index (χ0v) is 7.31. The van der Waals surface area contributed by atoms with Gasteiger partial charge < -0.3 is 10.3 Å². The number of nitrogens with zero attached hydrogens (tertiary/aromatic N) is 3.